The average Bonchev–Trinajstić information content (AvgIpc) is 2.03. The van der Waals surface area contributed by atoms with E-state index in [4.69, 9.17) is 0 Å². The summed E-state index contributed by atoms with van der Waals surface area (Å²) < 4.78 is 0. The highest BCUT2D eigenvalue weighted by atomic mass is 13.7. The predicted octanol–water partition coefficient (Wildman–Crippen LogP) is 3.42. The zero-order valence-electron chi connectivity index (χ0n) is 6.90. The highest BCUT2D eigenvalue weighted by Crippen LogP contribution is 1.81. The van der Waals surface area contributed by atoms with Crippen molar-refractivity contribution in [3.05, 3.63) is 61.3 Å². The Bertz CT molecular complexity index is 190. The van der Waals surface area contributed by atoms with Gasteiger partial charge in [0.2, 0.25) is 0 Å². The molecule has 0 rings (SSSR count). The Hall–Kier alpha value is -1.30. The Morgan fingerprint density at radius 3 is 1.64 bits per heavy atom. The molecule has 0 aromatic carbocycles. The molecule has 0 atom stereocenters. The molecule has 11 heavy (non-hydrogen) atoms. The third-order valence-corrected chi connectivity index (χ3v) is 0.995. The highest BCUT2D eigenvalue weighted by molar-refractivity contribution is 5.16. The first-order valence-electron chi connectivity index (χ1n) is 3.65. The lowest BCUT2D eigenvalue weighted by atomic mass is 10.4. The standard InChI is InChI=1S/C11H14/c1-3-5-7-9-11-10-8-6-4-2/h3-11H,1H2,2H3/b6-4-,7-5-,10-8+,11-9+. The van der Waals surface area contributed by atoms with E-state index >= 15 is 0 Å². The molecule has 0 fully saturated rings. The van der Waals surface area contributed by atoms with Crippen LogP contribution >= 0.6 is 0 Å². The van der Waals surface area contributed by atoms with Gasteiger partial charge < -0.3 is 0 Å². The molecule has 0 nitrogen and oxygen atoms in total. The van der Waals surface area contributed by atoms with E-state index in [0.717, 1.165) is 0 Å². The third kappa shape index (κ3) is 8.70. The van der Waals surface area contributed by atoms with Crippen LogP contribution in [0.3, 0.4) is 0 Å². The summed E-state index contributed by atoms with van der Waals surface area (Å²) >= 11 is 0. The van der Waals surface area contributed by atoms with Crippen LogP contribution in [0.25, 0.3) is 0 Å². The van der Waals surface area contributed by atoms with Crippen LogP contribution in [0.5, 0.6) is 0 Å². The normalized spacial score (nSPS) is 12.8. The Balaban J connectivity index is 3.59. The minimum atomic E-state index is 1.75. The van der Waals surface area contributed by atoms with Crippen molar-refractivity contribution in [1.82, 2.24) is 0 Å². The fourth-order valence-electron chi connectivity index (χ4n) is 0.510. The van der Waals surface area contributed by atoms with E-state index in [1.807, 2.05) is 55.5 Å². The summed E-state index contributed by atoms with van der Waals surface area (Å²) in [6, 6.07) is 0. The zero-order chi connectivity index (χ0) is 8.36. The fourth-order valence-corrected chi connectivity index (χ4v) is 0.510. The predicted molar refractivity (Wildman–Crippen MR) is 52.4 cm³/mol. The van der Waals surface area contributed by atoms with Gasteiger partial charge in [0.15, 0.2) is 0 Å². The Morgan fingerprint density at radius 2 is 1.18 bits per heavy atom. The van der Waals surface area contributed by atoms with Gasteiger partial charge in [-0.1, -0.05) is 61.3 Å². The van der Waals surface area contributed by atoms with Crippen LogP contribution < -0.4 is 0 Å². The Kier molecular flexibility index (Phi) is 7.67. The van der Waals surface area contributed by atoms with Gasteiger partial charge in [-0.05, 0) is 6.92 Å². The van der Waals surface area contributed by atoms with Gasteiger partial charge in [0.25, 0.3) is 0 Å². The van der Waals surface area contributed by atoms with E-state index in [1.54, 1.807) is 6.08 Å². The quantitative estimate of drug-likeness (QED) is 0.533. The molecule has 58 valence electrons. The molecule has 0 spiro atoms. The second-order valence-electron chi connectivity index (χ2n) is 1.92. The summed E-state index contributed by atoms with van der Waals surface area (Å²) in [5.41, 5.74) is 0. The Morgan fingerprint density at radius 1 is 0.727 bits per heavy atom. The number of rotatable bonds is 4. The molecule has 0 bridgehead atoms. The molecule has 0 amide bonds. The van der Waals surface area contributed by atoms with Gasteiger partial charge >= 0.3 is 0 Å². The SMILES string of the molecule is C=C\C=C/C=C/C=C/C=C\C. The molecular weight excluding hydrogens is 132 g/mol. The summed E-state index contributed by atoms with van der Waals surface area (Å²) in [4.78, 5) is 0. The Labute approximate surface area is 68.9 Å². The van der Waals surface area contributed by atoms with E-state index < -0.39 is 0 Å². The molecular formula is C11H14. The molecule has 0 aromatic heterocycles. The van der Waals surface area contributed by atoms with Gasteiger partial charge in [0.1, 0.15) is 0 Å². The van der Waals surface area contributed by atoms with Crippen molar-refractivity contribution in [2.75, 3.05) is 0 Å². The third-order valence-electron chi connectivity index (χ3n) is 0.995. The van der Waals surface area contributed by atoms with Crippen LogP contribution in [0, 0.1) is 0 Å². The smallest absolute Gasteiger partial charge is 0.0467 e. The number of hydrogen-bond donors (Lipinski definition) is 0. The summed E-state index contributed by atoms with van der Waals surface area (Å²) in [5.74, 6) is 0. The molecule has 0 saturated heterocycles. The molecule has 0 aromatic rings. The van der Waals surface area contributed by atoms with Crippen LogP contribution in [-0.4, -0.2) is 0 Å². The lowest BCUT2D eigenvalue weighted by Gasteiger charge is -1.71. The second kappa shape index (κ2) is 8.70. The van der Waals surface area contributed by atoms with E-state index in [2.05, 4.69) is 6.58 Å². The lowest BCUT2D eigenvalue weighted by Crippen LogP contribution is -1.49. The summed E-state index contributed by atoms with van der Waals surface area (Å²) in [7, 11) is 0. The van der Waals surface area contributed by atoms with Gasteiger partial charge in [0, 0.05) is 0 Å². The van der Waals surface area contributed by atoms with E-state index in [9.17, 15) is 0 Å². The molecule has 0 aliphatic carbocycles. The van der Waals surface area contributed by atoms with Crippen LogP contribution in [0.2, 0.25) is 0 Å². The van der Waals surface area contributed by atoms with Crippen molar-refractivity contribution >= 4 is 0 Å². The van der Waals surface area contributed by atoms with Crippen molar-refractivity contribution in [1.29, 1.82) is 0 Å². The van der Waals surface area contributed by atoms with E-state index in [-0.39, 0.29) is 0 Å². The maximum atomic E-state index is 3.56. The van der Waals surface area contributed by atoms with Crippen molar-refractivity contribution in [3.8, 4) is 0 Å². The van der Waals surface area contributed by atoms with Gasteiger partial charge in [-0.2, -0.15) is 0 Å². The molecule has 0 aliphatic rings. The molecule has 0 N–H and O–H groups in total. The minimum absolute atomic E-state index is 1.75. The summed E-state index contributed by atoms with van der Waals surface area (Å²) in [6.45, 7) is 5.55. The first-order chi connectivity index (χ1) is 5.41. The van der Waals surface area contributed by atoms with Crippen molar-refractivity contribution in [2.24, 2.45) is 0 Å². The van der Waals surface area contributed by atoms with Crippen LogP contribution in [-0.2, 0) is 0 Å². The summed E-state index contributed by atoms with van der Waals surface area (Å²) in [5, 5.41) is 0. The summed E-state index contributed by atoms with van der Waals surface area (Å²) in [6.07, 6.45) is 17.5. The van der Waals surface area contributed by atoms with E-state index in [0.29, 0.717) is 0 Å². The maximum Gasteiger partial charge on any atom is -0.0467 e. The topological polar surface area (TPSA) is 0 Å². The van der Waals surface area contributed by atoms with Crippen LogP contribution in [0.4, 0.5) is 0 Å². The molecule has 0 aliphatic heterocycles. The minimum Gasteiger partial charge on any atom is -0.0991 e. The van der Waals surface area contributed by atoms with Crippen molar-refractivity contribution in [3.63, 3.8) is 0 Å². The first-order valence-corrected chi connectivity index (χ1v) is 3.65. The maximum absolute atomic E-state index is 3.56. The number of allylic oxidation sites excluding steroid dienone is 9. The average molecular weight is 146 g/mol. The molecule has 0 radical (unpaired) electrons. The first kappa shape index (κ1) is 9.70. The van der Waals surface area contributed by atoms with Crippen molar-refractivity contribution < 1.29 is 0 Å². The monoisotopic (exact) mass is 146 g/mol. The molecule has 0 heterocycles. The van der Waals surface area contributed by atoms with Gasteiger partial charge in [-0.25, -0.2) is 0 Å². The van der Waals surface area contributed by atoms with Gasteiger partial charge in [0.05, 0.1) is 0 Å². The molecule has 0 heteroatoms. The molecule has 0 unspecified atom stereocenters. The largest absolute Gasteiger partial charge is 0.0991 e. The van der Waals surface area contributed by atoms with Gasteiger partial charge in [-0.15, -0.1) is 0 Å². The second-order valence-corrected chi connectivity index (χ2v) is 1.92. The van der Waals surface area contributed by atoms with Crippen LogP contribution in [0.15, 0.2) is 61.3 Å². The van der Waals surface area contributed by atoms with Gasteiger partial charge in [-0.3, -0.25) is 0 Å². The van der Waals surface area contributed by atoms with E-state index in [1.165, 1.54) is 0 Å². The zero-order valence-corrected chi connectivity index (χ0v) is 6.90. The number of hydrogen-bond acceptors (Lipinski definition) is 0. The molecule has 0 saturated carbocycles. The van der Waals surface area contributed by atoms with Crippen LogP contribution in [0.1, 0.15) is 6.92 Å². The highest BCUT2D eigenvalue weighted by Gasteiger charge is 1.59. The lowest BCUT2D eigenvalue weighted by molar-refractivity contribution is 1.73. The fraction of sp³-hybridized carbons (Fsp3) is 0.0909. The van der Waals surface area contributed by atoms with Crippen molar-refractivity contribution in [2.45, 2.75) is 6.92 Å².